The van der Waals surface area contributed by atoms with E-state index in [1.807, 2.05) is 0 Å². The topological polar surface area (TPSA) is 3.24 Å². The maximum atomic E-state index is 2.31. The van der Waals surface area contributed by atoms with Crippen LogP contribution in [0.5, 0.6) is 0 Å². The van der Waals surface area contributed by atoms with Gasteiger partial charge in [0.15, 0.2) is 7.98 Å². The molecule has 1 rings (SSSR count). The molecule has 0 bridgehead atoms. The lowest BCUT2D eigenvalue weighted by atomic mass is 10.2. The Kier molecular flexibility index (Phi) is 1.52. The van der Waals surface area contributed by atoms with E-state index in [0.717, 1.165) is 6.54 Å². The van der Waals surface area contributed by atoms with Crippen LogP contribution in [0.2, 0.25) is 0 Å². The van der Waals surface area contributed by atoms with Gasteiger partial charge in [-0.1, -0.05) is 12.2 Å². The van der Waals surface area contributed by atoms with Crippen LogP contribution in [0.25, 0.3) is 0 Å². The first kappa shape index (κ1) is 4.91. The van der Waals surface area contributed by atoms with Crippen molar-refractivity contribution in [1.82, 2.24) is 4.81 Å². The van der Waals surface area contributed by atoms with Crippen molar-refractivity contribution in [3.8, 4) is 0 Å². The SMILES string of the molecule is BN1CC=CCC1. The van der Waals surface area contributed by atoms with E-state index < -0.39 is 0 Å². The van der Waals surface area contributed by atoms with Gasteiger partial charge < -0.3 is 4.81 Å². The maximum Gasteiger partial charge on any atom is 0.185 e. The predicted octanol–water partition coefficient (Wildman–Crippen LogP) is -0.204. The van der Waals surface area contributed by atoms with Crippen molar-refractivity contribution >= 4 is 7.98 Å². The van der Waals surface area contributed by atoms with Gasteiger partial charge in [0.05, 0.1) is 0 Å². The summed E-state index contributed by atoms with van der Waals surface area (Å²) < 4.78 is 0. The Labute approximate surface area is 45.4 Å². The molecule has 7 heavy (non-hydrogen) atoms. The summed E-state index contributed by atoms with van der Waals surface area (Å²) in [6, 6.07) is 0. The van der Waals surface area contributed by atoms with E-state index in [1.165, 1.54) is 13.0 Å². The number of hydrogen-bond donors (Lipinski definition) is 0. The van der Waals surface area contributed by atoms with Gasteiger partial charge in [0, 0.05) is 6.54 Å². The van der Waals surface area contributed by atoms with E-state index in [2.05, 4.69) is 24.9 Å². The molecule has 0 unspecified atom stereocenters. The fourth-order valence-electron chi connectivity index (χ4n) is 0.759. The smallest absolute Gasteiger partial charge is 0.185 e. The standard InChI is InChI=1S/C5H10BN/c6-7-4-2-1-3-5-7/h1-2H,3-6H2. The van der Waals surface area contributed by atoms with Crippen LogP contribution in [0, 0.1) is 0 Å². The highest BCUT2D eigenvalue weighted by Crippen LogP contribution is 1.94. The third-order valence-electron chi connectivity index (χ3n) is 1.26. The monoisotopic (exact) mass is 95.1 g/mol. The highest BCUT2D eigenvalue weighted by Gasteiger charge is 1.95. The molecule has 0 aromatic carbocycles. The number of nitrogens with zero attached hydrogens (tertiary/aromatic N) is 1. The first-order chi connectivity index (χ1) is 3.39. The van der Waals surface area contributed by atoms with Crippen LogP contribution < -0.4 is 0 Å². The minimum Gasteiger partial charge on any atom is -0.345 e. The van der Waals surface area contributed by atoms with Gasteiger partial charge in [0.1, 0.15) is 0 Å². The van der Waals surface area contributed by atoms with Crippen molar-refractivity contribution in [2.24, 2.45) is 0 Å². The molecule has 0 saturated carbocycles. The van der Waals surface area contributed by atoms with E-state index >= 15 is 0 Å². The van der Waals surface area contributed by atoms with Gasteiger partial charge >= 0.3 is 0 Å². The second-order valence-corrected chi connectivity index (χ2v) is 2.02. The van der Waals surface area contributed by atoms with Crippen LogP contribution in [0.3, 0.4) is 0 Å². The molecule has 0 saturated heterocycles. The molecule has 1 nitrogen and oxygen atoms in total. The number of hydrogen-bond acceptors (Lipinski definition) is 1. The zero-order valence-corrected chi connectivity index (χ0v) is 4.72. The van der Waals surface area contributed by atoms with Crippen molar-refractivity contribution < 1.29 is 0 Å². The molecule has 0 amide bonds. The fourth-order valence-corrected chi connectivity index (χ4v) is 0.759. The molecule has 2 heteroatoms. The molecule has 0 aromatic heterocycles. The number of rotatable bonds is 0. The molecular formula is C5H10BN. The normalized spacial score (nSPS) is 22.9. The predicted molar refractivity (Wildman–Crippen MR) is 33.9 cm³/mol. The summed E-state index contributed by atoms with van der Waals surface area (Å²) in [6.45, 7) is 2.37. The van der Waals surface area contributed by atoms with Gasteiger partial charge in [-0.2, -0.15) is 0 Å². The van der Waals surface area contributed by atoms with Crippen LogP contribution in [-0.2, 0) is 0 Å². The van der Waals surface area contributed by atoms with Crippen molar-refractivity contribution in [2.45, 2.75) is 6.42 Å². The average Bonchev–Trinajstić information content (AvgIpc) is 1.69. The molecule has 1 aliphatic rings. The molecular weight excluding hydrogens is 84.9 g/mol. The molecule has 0 aliphatic carbocycles. The van der Waals surface area contributed by atoms with Crippen LogP contribution >= 0.6 is 0 Å². The van der Waals surface area contributed by atoms with Gasteiger partial charge in [-0.05, 0) is 13.0 Å². The van der Waals surface area contributed by atoms with E-state index in [1.54, 1.807) is 0 Å². The van der Waals surface area contributed by atoms with Crippen molar-refractivity contribution in [3.05, 3.63) is 12.2 Å². The molecule has 0 N–H and O–H groups in total. The maximum absolute atomic E-state index is 2.31. The van der Waals surface area contributed by atoms with Gasteiger partial charge in [-0.15, -0.1) is 0 Å². The minimum absolute atomic E-state index is 1.14. The molecule has 0 radical (unpaired) electrons. The molecule has 0 aromatic rings. The minimum atomic E-state index is 1.14. The summed E-state index contributed by atoms with van der Waals surface area (Å²) in [5.74, 6) is 0. The highest BCUT2D eigenvalue weighted by atomic mass is 15.0. The van der Waals surface area contributed by atoms with Crippen LogP contribution in [0.15, 0.2) is 12.2 Å². The third kappa shape index (κ3) is 1.36. The second kappa shape index (κ2) is 2.17. The molecule has 0 spiro atoms. The Hall–Kier alpha value is -0.235. The van der Waals surface area contributed by atoms with E-state index in [4.69, 9.17) is 0 Å². The molecule has 0 fully saturated rings. The summed E-state index contributed by atoms with van der Waals surface area (Å²) in [5, 5.41) is 0. The van der Waals surface area contributed by atoms with Gasteiger partial charge in [0.2, 0.25) is 0 Å². The van der Waals surface area contributed by atoms with Gasteiger partial charge in [0.25, 0.3) is 0 Å². The van der Waals surface area contributed by atoms with Crippen molar-refractivity contribution in [1.29, 1.82) is 0 Å². The Morgan fingerprint density at radius 1 is 1.43 bits per heavy atom. The van der Waals surface area contributed by atoms with Crippen LogP contribution in [0.1, 0.15) is 6.42 Å². The summed E-state index contributed by atoms with van der Waals surface area (Å²) in [6.07, 6.45) is 5.68. The van der Waals surface area contributed by atoms with E-state index in [-0.39, 0.29) is 0 Å². The molecule has 0 atom stereocenters. The zero-order valence-electron chi connectivity index (χ0n) is 4.72. The molecule has 1 heterocycles. The Morgan fingerprint density at radius 3 is 2.57 bits per heavy atom. The third-order valence-corrected chi connectivity index (χ3v) is 1.26. The van der Waals surface area contributed by atoms with Gasteiger partial charge in [-0.25, -0.2) is 0 Å². The van der Waals surface area contributed by atoms with Crippen molar-refractivity contribution in [3.63, 3.8) is 0 Å². The Morgan fingerprint density at radius 2 is 2.29 bits per heavy atom. The van der Waals surface area contributed by atoms with Crippen molar-refractivity contribution in [2.75, 3.05) is 13.1 Å². The van der Waals surface area contributed by atoms with E-state index in [0.29, 0.717) is 0 Å². The largest absolute Gasteiger partial charge is 0.345 e. The fraction of sp³-hybridized carbons (Fsp3) is 0.600. The highest BCUT2D eigenvalue weighted by molar-refractivity contribution is 6.04. The van der Waals surface area contributed by atoms with Crippen LogP contribution in [-0.4, -0.2) is 25.9 Å². The first-order valence-corrected chi connectivity index (χ1v) is 2.73. The van der Waals surface area contributed by atoms with E-state index in [9.17, 15) is 0 Å². The summed E-state index contributed by atoms with van der Waals surface area (Å²) in [7, 11) is 2.14. The summed E-state index contributed by atoms with van der Waals surface area (Å²) in [4.78, 5) is 2.31. The second-order valence-electron chi connectivity index (χ2n) is 2.02. The molecule has 38 valence electrons. The lowest BCUT2D eigenvalue weighted by molar-refractivity contribution is 0.492. The summed E-state index contributed by atoms with van der Waals surface area (Å²) in [5.41, 5.74) is 0. The van der Waals surface area contributed by atoms with Crippen LogP contribution in [0.4, 0.5) is 0 Å². The molecule has 1 aliphatic heterocycles. The Bertz CT molecular complexity index is 80.1. The zero-order chi connectivity index (χ0) is 5.11. The lowest BCUT2D eigenvalue weighted by Crippen LogP contribution is -2.23. The Balaban J connectivity index is 2.32. The first-order valence-electron chi connectivity index (χ1n) is 2.73. The summed E-state index contributed by atoms with van der Waals surface area (Å²) >= 11 is 0. The van der Waals surface area contributed by atoms with Gasteiger partial charge in [-0.3, -0.25) is 0 Å². The lowest BCUT2D eigenvalue weighted by Gasteiger charge is -2.16. The quantitative estimate of drug-likeness (QED) is 0.297. The average molecular weight is 95.0 g/mol.